The number of ketones is 2. The highest BCUT2D eigenvalue weighted by molar-refractivity contribution is 9.10. The van der Waals surface area contributed by atoms with Crippen LogP contribution >= 0.6 is 27.7 Å². The number of halogens is 1. The number of thioether (sulfide) groups is 1. The van der Waals surface area contributed by atoms with Gasteiger partial charge < -0.3 is 5.32 Å². The minimum atomic E-state index is -0.538. The number of hydrogen-bond donors (Lipinski definition) is 1. The van der Waals surface area contributed by atoms with Gasteiger partial charge in [0.05, 0.1) is 33.3 Å². The van der Waals surface area contributed by atoms with Crippen LogP contribution in [0.5, 0.6) is 0 Å². The Balaban J connectivity index is 1.90. The Morgan fingerprint density at radius 2 is 1.81 bits per heavy atom. The van der Waals surface area contributed by atoms with E-state index in [1.54, 1.807) is 6.92 Å². The van der Waals surface area contributed by atoms with Gasteiger partial charge in [-0.2, -0.15) is 5.26 Å². The van der Waals surface area contributed by atoms with Gasteiger partial charge >= 0.3 is 0 Å². The molecule has 1 N–H and O–H groups in total. The van der Waals surface area contributed by atoms with E-state index in [9.17, 15) is 25.0 Å². The van der Waals surface area contributed by atoms with Crippen molar-refractivity contribution in [1.82, 2.24) is 5.32 Å². The first-order valence-corrected chi connectivity index (χ1v) is 11.3. The monoisotopic (exact) mass is 511 g/mol. The largest absolute Gasteiger partial charge is 0.353 e. The van der Waals surface area contributed by atoms with Gasteiger partial charge in [0.1, 0.15) is 0 Å². The van der Waals surface area contributed by atoms with Crippen molar-refractivity contribution in [3.05, 3.63) is 96.1 Å². The Kier molecular flexibility index (Phi) is 7.28. The number of Topliss-reactive ketones (excluding diaryl/α,β-unsaturated/α-hetero) is 2. The van der Waals surface area contributed by atoms with Crippen molar-refractivity contribution in [2.45, 2.75) is 19.8 Å². The summed E-state index contributed by atoms with van der Waals surface area (Å²) in [4.78, 5) is 35.3. The quantitative estimate of drug-likeness (QED) is 0.306. The van der Waals surface area contributed by atoms with Crippen LogP contribution in [0.2, 0.25) is 0 Å². The fourth-order valence-corrected chi connectivity index (χ4v) is 4.72. The molecule has 0 fully saturated rings. The average molecular weight is 512 g/mol. The maximum Gasteiger partial charge on any atom is 0.269 e. The Morgan fingerprint density at radius 1 is 1.19 bits per heavy atom. The predicted molar refractivity (Wildman–Crippen MR) is 126 cm³/mol. The number of carbonyl (C=O) groups excluding carboxylic acids is 2. The smallest absolute Gasteiger partial charge is 0.269 e. The van der Waals surface area contributed by atoms with Gasteiger partial charge in [0.25, 0.3) is 5.69 Å². The fourth-order valence-electron chi connectivity index (χ4n) is 3.47. The van der Waals surface area contributed by atoms with E-state index in [1.807, 2.05) is 24.3 Å². The SMILES string of the molecule is CC(=O)C1=C(C)NC(SCC(=O)c2ccc([N+](=O)[O-])cc2)=C(C#N)[C@@H]1c1ccc(Br)cc1. The minimum absolute atomic E-state index is 0.0288. The van der Waals surface area contributed by atoms with E-state index in [0.717, 1.165) is 10.0 Å². The topological polar surface area (TPSA) is 113 Å². The zero-order valence-electron chi connectivity index (χ0n) is 17.2. The zero-order chi connectivity index (χ0) is 23.4. The first kappa shape index (κ1) is 23.4. The third-order valence-corrected chi connectivity index (χ3v) is 6.52. The molecule has 2 aromatic rings. The van der Waals surface area contributed by atoms with Crippen LogP contribution in [0.25, 0.3) is 0 Å². The number of carbonyl (C=O) groups is 2. The van der Waals surface area contributed by atoms with Gasteiger partial charge in [-0.25, -0.2) is 0 Å². The summed E-state index contributed by atoms with van der Waals surface area (Å²) < 4.78 is 0.881. The van der Waals surface area contributed by atoms with Gasteiger partial charge in [0, 0.05) is 33.4 Å². The highest BCUT2D eigenvalue weighted by Crippen LogP contribution is 2.41. The molecular weight excluding hydrogens is 494 g/mol. The summed E-state index contributed by atoms with van der Waals surface area (Å²) in [7, 11) is 0. The first-order valence-electron chi connectivity index (χ1n) is 9.51. The molecule has 3 rings (SSSR count). The second-order valence-electron chi connectivity index (χ2n) is 7.07. The van der Waals surface area contributed by atoms with Crippen LogP contribution in [-0.4, -0.2) is 22.2 Å². The summed E-state index contributed by atoms with van der Waals surface area (Å²) in [6.07, 6.45) is 0. The first-order chi connectivity index (χ1) is 15.2. The molecule has 0 aromatic heterocycles. The van der Waals surface area contributed by atoms with Crippen LogP contribution in [0.4, 0.5) is 5.69 Å². The molecule has 1 aliphatic rings. The molecule has 0 aliphatic carbocycles. The normalized spacial score (nSPS) is 15.8. The summed E-state index contributed by atoms with van der Waals surface area (Å²) in [6.45, 7) is 3.24. The number of nitro groups is 1. The second kappa shape index (κ2) is 9.94. The summed E-state index contributed by atoms with van der Waals surface area (Å²) >= 11 is 4.57. The standard InChI is InChI=1S/C23H18BrN3O4S/c1-13-21(14(2)28)22(16-3-7-17(24)8-4-16)19(11-25)23(26-13)32-12-20(29)15-5-9-18(10-6-15)27(30)31/h3-10,22,26H,12H2,1-2H3/t22-/m0/s1. The molecule has 0 bridgehead atoms. The summed E-state index contributed by atoms with van der Waals surface area (Å²) in [5, 5.41) is 24.4. The summed E-state index contributed by atoms with van der Waals surface area (Å²) in [6, 6.07) is 15.0. The van der Waals surface area contributed by atoms with E-state index in [0.29, 0.717) is 27.4 Å². The number of nitrogens with one attached hydrogen (secondary N) is 1. The van der Waals surface area contributed by atoms with E-state index in [1.165, 1.54) is 43.0 Å². The van der Waals surface area contributed by atoms with Crippen molar-refractivity contribution < 1.29 is 14.5 Å². The lowest BCUT2D eigenvalue weighted by Gasteiger charge is -2.29. The molecule has 0 unspecified atom stereocenters. The van der Waals surface area contributed by atoms with E-state index in [2.05, 4.69) is 27.3 Å². The van der Waals surface area contributed by atoms with E-state index in [-0.39, 0.29) is 23.0 Å². The maximum atomic E-state index is 12.6. The van der Waals surface area contributed by atoms with Crippen LogP contribution in [-0.2, 0) is 4.79 Å². The Hall–Kier alpha value is -3.22. The van der Waals surface area contributed by atoms with Crippen molar-refractivity contribution in [3.8, 4) is 6.07 Å². The van der Waals surface area contributed by atoms with Crippen LogP contribution < -0.4 is 5.32 Å². The second-order valence-corrected chi connectivity index (χ2v) is 8.98. The van der Waals surface area contributed by atoms with Gasteiger partial charge in [0.15, 0.2) is 11.6 Å². The molecule has 162 valence electrons. The number of allylic oxidation sites excluding steroid dienone is 3. The summed E-state index contributed by atoms with van der Waals surface area (Å²) in [5.41, 5.74) is 2.57. The lowest BCUT2D eigenvalue weighted by atomic mass is 9.81. The van der Waals surface area contributed by atoms with Crippen LogP contribution in [0.3, 0.4) is 0 Å². The molecule has 7 nitrogen and oxygen atoms in total. The lowest BCUT2D eigenvalue weighted by Crippen LogP contribution is -2.27. The number of non-ortho nitro benzene ring substituents is 1. The number of nitriles is 1. The van der Waals surface area contributed by atoms with Gasteiger partial charge in [-0.05, 0) is 43.7 Å². The van der Waals surface area contributed by atoms with Gasteiger partial charge in [-0.15, -0.1) is 0 Å². The van der Waals surface area contributed by atoms with Gasteiger partial charge in [-0.3, -0.25) is 19.7 Å². The molecule has 0 saturated carbocycles. The molecule has 32 heavy (non-hydrogen) atoms. The Labute approximate surface area is 197 Å². The fraction of sp³-hybridized carbons (Fsp3) is 0.174. The lowest BCUT2D eigenvalue weighted by molar-refractivity contribution is -0.384. The van der Waals surface area contributed by atoms with Crippen molar-refractivity contribution in [3.63, 3.8) is 0 Å². The van der Waals surface area contributed by atoms with Crippen LogP contribution in [0.1, 0.15) is 35.7 Å². The number of benzene rings is 2. The predicted octanol–water partition coefficient (Wildman–Crippen LogP) is 5.26. The molecule has 2 aromatic carbocycles. The molecule has 0 saturated heterocycles. The van der Waals surface area contributed by atoms with Crippen LogP contribution in [0.15, 0.2) is 74.9 Å². The number of hydrogen-bond acceptors (Lipinski definition) is 7. The maximum absolute atomic E-state index is 12.6. The molecule has 1 atom stereocenters. The number of rotatable bonds is 7. The van der Waals surface area contributed by atoms with Crippen molar-refractivity contribution in [2.75, 3.05) is 5.75 Å². The molecule has 0 spiro atoms. The number of dihydropyridines is 1. The minimum Gasteiger partial charge on any atom is -0.353 e. The van der Waals surface area contributed by atoms with Crippen LogP contribution in [0, 0.1) is 21.4 Å². The molecule has 1 aliphatic heterocycles. The molecule has 0 amide bonds. The Bertz CT molecular complexity index is 1200. The van der Waals surface area contributed by atoms with Gasteiger partial charge in [-0.1, -0.05) is 39.8 Å². The highest BCUT2D eigenvalue weighted by atomic mass is 79.9. The molecule has 0 radical (unpaired) electrons. The number of nitrogens with zero attached hydrogens (tertiary/aromatic N) is 2. The molecular formula is C23H18BrN3O4S. The number of nitro benzene ring substituents is 1. The summed E-state index contributed by atoms with van der Waals surface area (Å²) in [5.74, 6) is -0.873. The van der Waals surface area contributed by atoms with E-state index < -0.39 is 10.8 Å². The van der Waals surface area contributed by atoms with E-state index in [4.69, 9.17) is 0 Å². The average Bonchev–Trinajstić information content (AvgIpc) is 2.77. The third-order valence-electron chi connectivity index (χ3n) is 4.98. The zero-order valence-corrected chi connectivity index (χ0v) is 19.6. The van der Waals surface area contributed by atoms with E-state index >= 15 is 0 Å². The Morgan fingerprint density at radius 3 is 2.34 bits per heavy atom. The van der Waals surface area contributed by atoms with Gasteiger partial charge in [0.2, 0.25) is 0 Å². The third kappa shape index (κ3) is 4.98. The molecule has 1 heterocycles. The van der Waals surface area contributed by atoms with Crippen molar-refractivity contribution in [1.29, 1.82) is 5.26 Å². The highest BCUT2D eigenvalue weighted by Gasteiger charge is 2.33. The van der Waals surface area contributed by atoms with Crippen molar-refractivity contribution in [2.24, 2.45) is 0 Å². The molecule has 9 heteroatoms. The van der Waals surface area contributed by atoms with Crippen molar-refractivity contribution >= 4 is 44.9 Å².